The van der Waals surface area contributed by atoms with Crippen molar-refractivity contribution in [3.8, 4) is 0 Å². The van der Waals surface area contributed by atoms with Gasteiger partial charge in [-0.2, -0.15) is 0 Å². The van der Waals surface area contributed by atoms with Crippen molar-refractivity contribution in [2.45, 2.75) is 24.7 Å². The number of carbonyl (C=O) groups excluding carboxylic acids is 1. The highest BCUT2D eigenvalue weighted by atomic mass is 16.6. The summed E-state index contributed by atoms with van der Waals surface area (Å²) in [6.07, 6.45) is 1.27. The van der Waals surface area contributed by atoms with E-state index in [1.54, 1.807) is 12.1 Å². The van der Waals surface area contributed by atoms with Crippen molar-refractivity contribution in [1.29, 1.82) is 0 Å². The van der Waals surface area contributed by atoms with Gasteiger partial charge in [0.2, 0.25) is 5.91 Å². The predicted molar refractivity (Wildman–Crippen MR) is 114 cm³/mol. The molecule has 150 valence electrons. The summed E-state index contributed by atoms with van der Waals surface area (Å²) in [6, 6.07) is 23.6. The van der Waals surface area contributed by atoms with Crippen LogP contribution < -0.4 is 5.32 Å². The first kappa shape index (κ1) is 18.6. The van der Waals surface area contributed by atoms with E-state index in [4.69, 9.17) is 0 Å². The van der Waals surface area contributed by atoms with Crippen LogP contribution in [0.5, 0.6) is 0 Å². The van der Waals surface area contributed by atoms with Gasteiger partial charge in [0.25, 0.3) is 5.69 Å². The van der Waals surface area contributed by atoms with Gasteiger partial charge in [-0.1, -0.05) is 60.7 Å². The van der Waals surface area contributed by atoms with E-state index in [0.29, 0.717) is 24.3 Å². The minimum atomic E-state index is -0.433. The Hall–Kier alpha value is -3.47. The zero-order valence-electron chi connectivity index (χ0n) is 16.5. The first-order valence-electron chi connectivity index (χ1n) is 10.3. The molecule has 0 radical (unpaired) electrons. The molecule has 0 saturated heterocycles. The molecule has 1 atom stereocenters. The average Bonchev–Trinajstić information content (AvgIpc) is 2.78. The fourth-order valence-corrected chi connectivity index (χ4v) is 5.19. The van der Waals surface area contributed by atoms with Crippen LogP contribution in [0.25, 0.3) is 0 Å². The lowest BCUT2D eigenvalue weighted by molar-refractivity contribution is -0.384. The van der Waals surface area contributed by atoms with E-state index >= 15 is 0 Å². The number of non-ortho nitro benzene ring substituents is 1. The highest BCUT2D eigenvalue weighted by Crippen LogP contribution is 2.55. The number of fused-ring (bicyclic) bond motifs is 1. The molecule has 0 fully saturated rings. The summed E-state index contributed by atoms with van der Waals surface area (Å²) in [5.74, 6) is 1.01. The Morgan fingerprint density at radius 2 is 1.47 bits per heavy atom. The lowest BCUT2D eigenvalue weighted by Crippen LogP contribution is -2.39. The van der Waals surface area contributed by atoms with E-state index in [1.165, 1.54) is 34.4 Å². The van der Waals surface area contributed by atoms with Gasteiger partial charge in [0.05, 0.1) is 11.3 Å². The van der Waals surface area contributed by atoms with Crippen molar-refractivity contribution in [3.63, 3.8) is 0 Å². The fraction of sp³-hybridized carbons (Fsp3) is 0.240. The summed E-state index contributed by atoms with van der Waals surface area (Å²) >= 11 is 0. The summed E-state index contributed by atoms with van der Waals surface area (Å²) in [4.78, 5) is 22.9. The molecule has 3 aliphatic rings. The Labute approximate surface area is 174 Å². The number of nitro benzene ring substituents is 1. The number of carbonyl (C=O) groups is 1. The van der Waals surface area contributed by atoms with Crippen LogP contribution >= 0.6 is 0 Å². The van der Waals surface area contributed by atoms with E-state index in [-0.39, 0.29) is 18.0 Å². The minimum Gasteiger partial charge on any atom is -0.356 e. The average molecular weight is 398 g/mol. The first-order chi connectivity index (χ1) is 14.6. The minimum absolute atomic E-state index is 0.0368. The molecule has 3 aromatic carbocycles. The number of amides is 1. The van der Waals surface area contributed by atoms with Gasteiger partial charge in [0, 0.05) is 30.5 Å². The van der Waals surface area contributed by atoms with Gasteiger partial charge in [0.1, 0.15) is 0 Å². The molecule has 6 rings (SSSR count). The number of nitrogens with zero attached hydrogens (tertiary/aromatic N) is 1. The molecule has 5 nitrogen and oxygen atoms in total. The molecule has 1 N–H and O–H groups in total. The molecule has 0 saturated carbocycles. The van der Waals surface area contributed by atoms with Gasteiger partial charge in [-0.25, -0.2) is 0 Å². The number of hydrogen-bond donors (Lipinski definition) is 1. The van der Waals surface area contributed by atoms with Crippen LogP contribution in [0.3, 0.4) is 0 Å². The maximum absolute atomic E-state index is 12.5. The van der Waals surface area contributed by atoms with E-state index in [1.807, 2.05) is 0 Å². The van der Waals surface area contributed by atoms with Gasteiger partial charge < -0.3 is 5.32 Å². The Morgan fingerprint density at radius 1 is 0.900 bits per heavy atom. The molecule has 30 heavy (non-hydrogen) atoms. The Bertz CT molecular complexity index is 1080. The van der Waals surface area contributed by atoms with Crippen LogP contribution in [-0.2, 0) is 11.2 Å². The maximum atomic E-state index is 12.5. The van der Waals surface area contributed by atoms with E-state index in [9.17, 15) is 14.9 Å². The third kappa shape index (κ3) is 3.16. The van der Waals surface area contributed by atoms with Crippen LogP contribution in [0.1, 0.15) is 46.1 Å². The molecule has 1 amide bonds. The van der Waals surface area contributed by atoms with Crippen LogP contribution in [0.2, 0.25) is 0 Å². The summed E-state index contributed by atoms with van der Waals surface area (Å²) in [5.41, 5.74) is 6.45. The molecule has 0 aromatic heterocycles. The summed E-state index contributed by atoms with van der Waals surface area (Å²) < 4.78 is 0. The fourth-order valence-electron chi connectivity index (χ4n) is 5.19. The second-order valence-electron chi connectivity index (χ2n) is 8.19. The number of rotatable bonds is 5. The second kappa shape index (κ2) is 7.41. The van der Waals surface area contributed by atoms with E-state index in [2.05, 4.69) is 53.8 Å². The summed E-state index contributed by atoms with van der Waals surface area (Å²) in [7, 11) is 0. The number of nitrogens with one attached hydrogen (secondary N) is 1. The monoisotopic (exact) mass is 398 g/mol. The summed E-state index contributed by atoms with van der Waals surface area (Å²) in [6.45, 7) is 0.635. The molecule has 3 aliphatic carbocycles. The molecular formula is C25H22N2O3. The largest absolute Gasteiger partial charge is 0.356 e. The number of benzene rings is 3. The van der Waals surface area contributed by atoms with Crippen molar-refractivity contribution in [2.24, 2.45) is 5.92 Å². The lowest BCUT2D eigenvalue weighted by atomic mass is 9.59. The SMILES string of the molecule is O=C(Cc1ccc([N+](=O)[O-])cc1)NC[C@@H]1CC2c3ccccc3C1c1ccccc12. The highest BCUT2D eigenvalue weighted by Gasteiger charge is 2.42. The van der Waals surface area contributed by atoms with Gasteiger partial charge in [0.15, 0.2) is 0 Å². The van der Waals surface area contributed by atoms with Gasteiger partial charge in [-0.3, -0.25) is 14.9 Å². The molecule has 0 spiro atoms. The van der Waals surface area contributed by atoms with Gasteiger partial charge in [-0.05, 0) is 40.2 Å². The van der Waals surface area contributed by atoms with E-state index in [0.717, 1.165) is 12.0 Å². The molecule has 0 heterocycles. The lowest BCUT2D eigenvalue weighted by Gasteiger charge is -2.45. The quantitative estimate of drug-likeness (QED) is 0.506. The molecule has 5 heteroatoms. The van der Waals surface area contributed by atoms with E-state index < -0.39 is 4.92 Å². The van der Waals surface area contributed by atoms with Crippen molar-refractivity contribution < 1.29 is 9.72 Å². The zero-order chi connectivity index (χ0) is 20.7. The van der Waals surface area contributed by atoms with Crippen molar-refractivity contribution >= 4 is 11.6 Å². The van der Waals surface area contributed by atoms with Crippen molar-refractivity contribution in [2.75, 3.05) is 6.54 Å². The first-order valence-corrected chi connectivity index (χ1v) is 10.3. The zero-order valence-corrected chi connectivity index (χ0v) is 16.5. The normalized spacial score (nSPS) is 20.9. The topological polar surface area (TPSA) is 72.2 Å². The molecule has 0 aliphatic heterocycles. The van der Waals surface area contributed by atoms with Crippen molar-refractivity contribution in [1.82, 2.24) is 5.32 Å². The van der Waals surface area contributed by atoms with Gasteiger partial charge in [-0.15, -0.1) is 0 Å². The molecule has 0 unspecified atom stereocenters. The third-order valence-electron chi connectivity index (χ3n) is 6.50. The van der Waals surface area contributed by atoms with Crippen LogP contribution in [0.4, 0.5) is 5.69 Å². The maximum Gasteiger partial charge on any atom is 0.269 e. The molecule has 2 bridgehead atoms. The van der Waals surface area contributed by atoms with Gasteiger partial charge >= 0.3 is 0 Å². The number of nitro groups is 1. The standard InChI is InChI=1S/C25H22N2O3/c28-24(13-16-9-11-18(12-10-16)27(29)30)26-15-17-14-23-19-5-1-3-7-21(19)25(17)22-8-4-2-6-20(22)23/h1-12,17,23,25H,13-15H2,(H,26,28)/t17-,23?,25?/m0/s1. The predicted octanol–water partition coefficient (Wildman–Crippen LogP) is 4.55. The molecule has 3 aromatic rings. The molecular weight excluding hydrogens is 376 g/mol. The Balaban J connectivity index is 1.30. The van der Waals surface area contributed by atoms with Crippen molar-refractivity contribution in [3.05, 3.63) is 111 Å². The Morgan fingerprint density at radius 3 is 2.03 bits per heavy atom. The number of hydrogen-bond acceptors (Lipinski definition) is 3. The Kier molecular flexibility index (Phi) is 4.58. The second-order valence-corrected chi connectivity index (χ2v) is 8.19. The van der Waals surface area contributed by atoms with Crippen LogP contribution in [0.15, 0.2) is 72.8 Å². The highest BCUT2D eigenvalue weighted by molar-refractivity contribution is 5.78. The van der Waals surface area contributed by atoms with Crippen LogP contribution in [-0.4, -0.2) is 17.4 Å². The summed E-state index contributed by atoms with van der Waals surface area (Å²) in [5, 5.41) is 13.9. The van der Waals surface area contributed by atoms with Crippen LogP contribution in [0, 0.1) is 16.0 Å². The third-order valence-corrected chi connectivity index (χ3v) is 6.50. The smallest absolute Gasteiger partial charge is 0.269 e.